The molecule has 1 aromatic carbocycles. The smallest absolute Gasteiger partial charge is 0.237 e. The molecule has 86 valence electrons. The molecule has 0 N–H and O–H groups in total. The van der Waals surface area contributed by atoms with Gasteiger partial charge in [-0.1, -0.05) is 12.1 Å². The van der Waals surface area contributed by atoms with Crippen molar-refractivity contribution in [3.8, 4) is 0 Å². The first-order valence-electron chi connectivity index (χ1n) is 5.40. The molecule has 0 aliphatic carbocycles. The van der Waals surface area contributed by atoms with Gasteiger partial charge in [0.25, 0.3) is 0 Å². The molecule has 0 atom stereocenters. The highest BCUT2D eigenvalue weighted by molar-refractivity contribution is 6.14. The van der Waals surface area contributed by atoms with E-state index < -0.39 is 0 Å². The molecule has 1 aromatic heterocycles. The maximum atomic E-state index is 11.7. The van der Waals surface area contributed by atoms with E-state index in [4.69, 9.17) is 0 Å². The Morgan fingerprint density at radius 1 is 1.24 bits per heavy atom. The van der Waals surface area contributed by atoms with Crippen molar-refractivity contribution < 1.29 is 9.59 Å². The molecule has 0 radical (unpaired) electrons. The summed E-state index contributed by atoms with van der Waals surface area (Å²) in [6.07, 6.45) is -0.0107. The molecule has 5 heteroatoms. The summed E-state index contributed by atoms with van der Waals surface area (Å²) in [5.41, 5.74) is 1.78. The molecule has 0 saturated carbocycles. The SMILES string of the molecule is Cn1c(N2CC(=O)CC2=O)nc2ccccc21. The number of amides is 1. The molecule has 0 spiro atoms. The van der Waals surface area contributed by atoms with Crippen LogP contribution in [0.5, 0.6) is 0 Å². The van der Waals surface area contributed by atoms with Gasteiger partial charge in [0.1, 0.15) is 0 Å². The van der Waals surface area contributed by atoms with Gasteiger partial charge in [0.15, 0.2) is 5.78 Å². The lowest BCUT2D eigenvalue weighted by Crippen LogP contribution is -2.27. The van der Waals surface area contributed by atoms with Gasteiger partial charge in [0, 0.05) is 7.05 Å². The Hall–Kier alpha value is -2.17. The van der Waals surface area contributed by atoms with E-state index in [0.29, 0.717) is 5.95 Å². The van der Waals surface area contributed by atoms with E-state index in [1.165, 1.54) is 4.90 Å². The molecule has 1 saturated heterocycles. The quantitative estimate of drug-likeness (QED) is 0.682. The van der Waals surface area contributed by atoms with Gasteiger partial charge in [-0.15, -0.1) is 0 Å². The summed E-state index contributed by atoms with van der Waals surface area (Å²) >= 11 is 0. The molecule has 2 heterocycles. The number of carbonyl (C=O) groups is 2. The van der Waals surface area contributed by atoms with Crippen LogP contribution < -0.4 is 4.90 Å². The number of nitrogens with zero attached hydrogens (tertiary/aromatic N) is 3. The Balaban J connectivity index is 2.15. The molecule has 3 rings (SSSR count). The number of para-hydroxylation sites is 2. The number of Topliss-reactive ketones (excluding diaryl/α,β-unsaturated/α-hetero) is 1. The van der Waals surface area contributed by atoms with Crippen LogP contribution >= 0.6 is 0 Å². The number of hydrogen-bond acceptors (Lipinski definition) is 3. The number of fused-ring (bicyclic) bond motifs is 1. The Morgan fingerprint density at radius 3 is 2.65 bits per heavy atom. The summed E-state index contributed by atoms with van der Waals surface area (Å²) < 4.78 is 1.84. The molecule has 5 nitrogen and oxygen atoms in total. The average molecular weight is 229 g/mol. The van der Waals surface area contributed by atoms with E-state index in [1.54, 1.807) is 0 Å². The van der Waals surface area contributed by atoms with Crippen LogP contribution in [0.1, 0.15) is 6.42 Å². The van der Waals surface area contributed by atoms with Crippen LogP contribution in [0.4, 0.5) is 5.95 Å². The molecule has 1 fully saturated rings. The van der Waals surface area contributed by atoms with E-state index in [2.05, 4.69) is 4.98 Å². The van der Waals surface area contributed by atoms with E-state index in [0.717, 1.165) is 11.0 Å². The summed E-state index contributed by atoms with van der Waals surface area (Å²) in [5, 5.41) is 0. The van der Waals surface area contributed by atoms with Gasteiger partial charge in [-0.2, -0.15) is 0 Å². The van der Waals surface area contributed by atoms with Crippen LogP contribution in [-0.2, 0) is 16.6 Å². The molecule has 0 bridgehead atoms. The Morgan fingerprint density at radius 2 is 2.00 bits per heavy atom. The largest absolute Gasteiger partial charge is 0.313 e. The van der Waals surface area contributed by atoms with Crippen molar-refractivity contribution in [2.75, 3.05) is 11.4 Å². The number of aromatic nitrogens is 2. The Bertz CT molecular complexity index is 630. The van der Waals surface area contributed by atoms with Gasteiger partial charge >= 0.3 is 0 Å². The fourth-order valence-corrected chi connectivity index (χ4v) is 2.14. The lowest BCUT2D eigenvalue weighted by Gasteiger charge is -2.13. The zero-order chi connectivity index (χ0) is 12.0. The lowest BCUT2D eigenvalue weighted by molar-refractivity contribution is -0.121. The standard InChI is InChI=1S/C12H11N3O2/c1-14-10-5-3-2-4-9(10)13-12(14)15-7-8(16)6-11(15)17/h2-5H,6-7H2,1H3. The second-order valence-electron chi connectivity index (χ2n) is 4.15. The first kappa shape index (κ1) is 10.0. The minimum absolute atomic E-state index is 0.0107. The first-order valence-corrected chi connectivity index (χ1v) is 5.40. The predicted molar refractivity (Wildman–Crippen MR) is 62.7 cm³/mol. The summed E-state index contributed by atoms with van der Waals surface area (Å²) in [5.74, 6) is 0.317. The average Bonchev–Trinajstić information content (AvgIpc) is 2.80. The Labute approximate surface area is 97.7 Å². The number of ketones is 1. The molecular formula is C12H11N3O2. The van der Waals surface area contributed by atoms with E-state index >= 15 is 0 Å². The molecule has 2 aromatic rings. The fraction of sp³-hybridized carbons (Fsp3) is 0.250. The highest BCUT2D eigenvalue weighted by Crippen LogP contribution is 2.23. The van der Waals surface area contributed by atoms with Crippen LogP contribution in [0.25, 0.3) is 11.0 Å². The summed E-state index contributed by atoms with van der Waals surface area (Å²) in [4.78, 5) is 28.8. The highest BCUT2D eigenvalue weighted by atomic mass is 16.2. The number of aryl methyl sites for hydroxylation is 1. The lowest BCUT2D eigenvalue weighted by atomic mass is 10.3. The molecule has 1 aliphatic rings. The predicted octanol–water partition coefficient (Wildman–Crippen LogP) is 0.879. The molecule has 1 aliphatic heterocycles. The third-order valence-corrected chi connectivity index (χ3v) is 2.99. The fourth-order valence-electron chi connectivity index (χ4n) is 2.14. The minimum Gasteiger partial charge on any atom is -0.313 e. The van der Waals surface area contributed by atoms with Crippen molar-refractivity contribution in [2.45, 2.75) is 6.42 Å². The van der Waals surface area contributed by atoms with Crippen molar-refractivity contribution in [1.29, 1.82) is 0 Å². The minimum atomic E-state index is -0.173. The summed E-state index contributed by atoms with van der Waals surface area (Å²) in [6.45, 7) is 0.135. The van der Waals surface area contributed by atoms with Gasteiger partial charge in [0.2, 0.25) is 11.9 Å². The van der Waals surface area contributed by atoms with Crippen LogP contribution in [0.2, 0.25) is 0 Å². The maximum absolute atomic E-state index is 11.7. The monoisotopic (exact) mass is 229 g/mol. The summed E-state index contributed by atoms with van der Waals surface area (Å²) in [7, 11) is 1.85. The third-order valence-electron chi connectivity index (χ3n) is 2.99. The molecule has 0 unspecified atom stereocenters. The maximum Gasteiger partial charge on any atom is 0.237 e. The second-order valence-corrected chi connectivity index (χ2v) is 4.15. The van der Waals surface area contributed by atoms with Gasteiger partial charge in [-0.3, -0.25) is 14.5 Å². The zero-order valence-corrected chi connectivity index (χ0v) is 9.38. The van der Waals surface area contributed by atoms with E-state index in [-0.39, 0.29) is 24.7 Å². The zero-order valence-electron chi connectivity index (χ0n) is 9.38. The van der Waals surface area contributed by atoms with Crippen LogP contribution in [0, 0.1) is 0 Å². The van der Waals surface area contributed by atoms with Crippen molar-refractivity contribution in [1.82, 2.24) is 9.55 Å². The van der Waals surface area contributed by atoms with E-state index in [9.17, 15) is 9.59 Å². The normalized spacial score (nSPS) is 16.2. The van der Waals surface area contributed by atoms with Gasteiger partial charge in [-0.25, -0.2) is 4.98 Å². The topological polar surface area (TPSA) is 55.2 Å². The van der Waals surface area contributed by atoms with Crippen molar-refractivity contribution >= 4 is 28.7 Å². The number of benzene rings is 1. The molecule has 17 heavy (non-hydrogen) atoms. The summed E-state index contributed by atoms with van der Waals surface area (Å²) in [6, 6.07) is 7.65. The molecular weight excluding hydrogens is 218 g/mol. The van der Waals surface area contributed by atoms with Crippen LogP contribution in [-0.4, -0.2) is 27.8 Å². The molecule has 1 amide bonds. The van der Waals surface area contributed by atoms with Crippen LogP contribution in [0.15, 0.2) is 24.3 Å². The number of imidazole rings is 1. The van der Waals surface area contributed by atoms with Gasteiger partial charge in [-0.05, 0) is 12.1 Å². The highest BCUT2D eigenvalue weighted by Gasteiger charge is 2.31. The first-order chi connectivity index (χ1) is 8.16. The van der Waals surface area contributed by atoms with Crippen LogP contribution in [0.3, 0.4) is 0 Å². The number of anilines is 1. The number of hydrogen-bond donors (Lipinski definition) is 0. The van der Waals surface area contributed by atoms with Crippen molar-refractivity contribution in [3.63, 3.8) is 0 Å². The Kier molecular flexibility index (Phi) is 2.01. The third kappa shape index (κ3) is 1.43. The number of carbonyl (C=O) groups excluding carboxylic acids is 2. The van der Waals surface area contributed by atoms with Crippen molar-refractivity contribution in [3.05, 3.63) is 24.3 Å². The van der Waals surface area contributed by atoms with Crippen molar-refractivity contribution in [2.24, 2.45) is 7.05 Å². The number of rotatable bonds is 1. The van der Waals surface area contributed by atoms with Gasteiger partial charge in [0.05, 0.1) is 24.0 Å². The van der Waals surface area contributed by atoms with Gasteiger partial charge < -0.3 is 4.57 Å². The second kappa shape index (κ2) is 3.41. The van der Waals surface area contributed by atoms with E-state index in [1.807, 2.05) is 35.9 Å².